The number of carboxylic acids is 1. The molecule has 0 bridgehead atoms. The fourth-order valence-electron chi connectivity index (χ4n) is 9.01. The molecule has 1 unspecified atom stereocenters. The summed E-state index contributed by atoms with van der Waals surface area (Å²) in [4.78, 5) is 10.5. The van der Waals surface area contributed by atoms with E-state index in [0.717, 1.165) is 67.0 Å². The summed E-state index contributed by atoms with van der Waals surface area (Å²) >= 11 is 0. The minimum absolute atomic E-state index is 0.0861. The summed E-state index contributed by atoms with van der Waals surface area (Å²) in [5.74, 6) is -0.739. The van der Waals surface area contributed by atoms with E-state index in [1.165, 1.54) is 42.5 Å². The molecule has 0 radical (unpaired) electrons. The van der Waals surface area contributed by atoms with E-state index >= 15 is 0 Å². The molecular weight excluding hydrogens is 919 g/mol. The lowest BCUT2D eigenvalue weighted by Gasteiger charge is -2.34. The SMILES string of the molecule is CC1(C)C(/C=C/C=C/C=C2/N(c3cccc(S(=O)(=O)O)c3)c3cc(S(=O)(=O)O)c4cc(S(=O)(=O)O)ccc4c3C2(C)C)=CCCC(CCCCCCC(=O)O)c2ccc(S(=O)(=O)O)cc21. The van der Waals surface area contributed by atoms with Gasteiger partial charge in [-0.05, 0) is 114 Å². The van der Waals surface area contributed by atoms with Crippen molar-refractivity contribution in [1.82, 2.24) is 0 Å². The van der Waals surface area contributed by atoms with Crippen LogP contribution in [0.5, 0.6) is 0 Å². The number of nitrogens with zero attached hydrogens (tertiary/aromatic N) is 1. The molecule has 6 rings (SSSR count). The summed E-state index contributed by atoms with van der Waals surface area (Å²) < 4.78 is 140. The molecule has 348 valence electrons. The van der Waals surface area contributed by atoms with Crippen molar-refractivity contribution in [3.63, 3.8) is 0 Å². The standard InChI is InChI=1S/C46H51NO14S4/c1-45(2)31(17-12-15-30(14-8-5-6-11-21-43(48)49)36-24-22-35(28-39(36)45)64(56,57)58)16-9-7-10-20-42-46(3,4)44-37-25-23-34(63(53,54)55)27-38(37)41(65(59,60)61)29-40(44)47(42)32-18-13-19-33(26-32)62(50,51)52/h7,9-10,13,16-20,22-30H,5-6,8,11-12,14-15,21H2,1-4H3,(H,48,49)(H,50,51,52)(H,53,54,55)(H,56,57,58)(H,59,60,61)/b10-7+,16-9+,31-17?,42-20+. The monoisotopic (exact) mass is 969 g/mol. The molecular formula is C46H51NO14S4. The fourth-order valence-corrected chi connectivity index (χ4v) is 11.3. The molecule has 0 aromatic heterocycles. The van der Waals surface area contributed by atoms with Crippen molar-refractivity contribution in [2.45, 2.75) is 115 Å². The molecule has 0 fully saturated rings. The highest BCUT2D eigenvalue weighted by Gasteiger charge is 2.44. The number of allylic oxidation sites excluding steroid dienone is 8. The Balaban J connectivity index is 1.42. The van der Waals surface area contributed by atoms with Crippen molar-refractivity contribution in [3.8, 4) is 0 Å². The highest BCUT2D eigenvalue weighted by atomic mass is 32.2. The Morgan fingerprint density at radius 1 is 0.692 bits per heavy atom. The number of fused-ring (bicyclic) bond motifs is 4. The quantitative estimate of drug-likeness (QED) is 0.0422. The topological polar surface area (TPSA) is 258 Å². The van der Waals surface area contributed by atoms with Gasteiger partial charge in [0.05, 0.1) is 20.4 Å². The first-order valence-electron chi connectivity index (χ1n) is 20.7. The van der Waals surface area contributed by atoms with Crippen molar-refractivity contribution in [1.29, 1.82) is 0 Å². The fraction of sp³-hybridized carbons (Fsp3) is 0.326. The zero-order chi connectivity index (χ0) is 47.9. The number of rotatable bonds is 15. The maximum Gasteiger partial charge on any atom is 0.303 e. The smallest absolute Gasteiger partial charge is 0.303 e. The third-order valence-electron chi connectivity index (χ3n) is 12.2. The summed E-state index contributed by atoms with van der Waals surface area (Å²) in [6.45, 7) is 7.56. The predicted octanol–water partition coefficient (Wildman–Crippen LogP) is 9.46. The van der Waals surface area contributed by atoms with Crippen LogP contribution in [0.3, 0.4) is 0 Å². The Morgan fingerprint density at radius 2 is 1.32 bits per heavy atom. The summed E-state index contributed by atoms with van der Waals surface area (Å²) in [5, 5.41) is 9.00. The Morgan fingerprint density at radius 3 is 1.97 bits per heavy atom. The molecule has 1 aliphatic carbocycles. The van der Waals surface area contributed by atoms with Crippen LogP contribution in [0.25, 0.3) is 10.8 Å². The van der Waals surface area contributed by atoms with Gasteiger partial charge in [-0.1, -0.05) is 95.5 Å². The third-order valence-corrected chi connectivity index (χ3v) is 15.7. The Hall–Kier alpha value is -4.99. The van der Waals surface area contributed by atoms with Gasteiger partial charge < -0.3 is 10.0 Å². The Kier molecular flexibility index (Phi) is 14.0. The maximum absolute atomic E-state index is 12.9. The van der Waals surface area contributed by atoms with Gasteiger partial charge in [0.25, 0.3) is 40.5 Å². The molecule has 0 saturated heterocycles. The van der Waals surface area contributed by atoms with Gasteiger partial charge in [-0.3, -0.25) is 23.0 Å². The van der Waals surface area contributed by atoms with Crippen molar-refractivity contribution in [2.24, 2.45) is 0 Å². The van der Waals surface area contributed by atoms with Gasteiger partial charge in [0, 0.05) is 34.0 Å². The van der Waals surface area contributed by atoms with Crippen LogP contribution in [0.2, 0.25) is 0 Å². The van der Waals surface area contributed by atoms with Gasteiger partial charge in [0.1, 0.15) is 4.90 Å². The molecule has 0 saturated carbocycles. The number of carboxylic acid groups (broad SMARTS) is 1. The van der Waals surface area contributed by atoms with E-state index < -0.39 is 72.0 Å². The molecule has 19 heteroatoms. The van der Waals surface area contributed by atoms with Crippen molar-refractivity contribution < 1.29 is 61.8 Å². The first kappa shape index (κ1) is 49.4. The van der Waals surface area contributed by atoms with Crippen LogP contribution in [0, 0.1) is 0 Å². The van der Waals surface area contributed by atoms with Crippen LogP contribution in [0.1, 0.15) is 102 Å². The summed E-state index contributed by atoms with van der Waals surface area (Å²) in [7, 11) is -19.1. The highest BCUT2D eigenvalue weighted by molar-refractivity contribution is 7.86. The van der Waals surface area contributed by atoms with Crippen LogP contribution in [-0.2, 0) is 56.1 Å². The van der Waals surface area contributed by atoms with Gasteiger partial charge in [0.15, 0.2) is 0 Å². The zero-order valence-electron chi connectivity index (χ0n) is 36.0. The third kappa shape index (κ3) is 10.7. The lowest BCUT2D eigenvalue weighted by atomic mass is 9.70. The first-order chi connectivity index (χ1) is 30.1. The molecule has 5 N–H and O–H groups in total. The molecule has 0 amide bonds. The Bertz CT molecular complexity index is 3150. The summed E-state index contributed by atoms with van der Waals surface area (Å²) in [6.07, 6.45) is 16.4. The van der Waals surface area contributed by atoms with E-state index in [2.05, 4.69) is 6.08 Å². The van der Waals surface area contributed by atoms with E-state index in [4.69, 9.17) is 5.11 Å². The molecule has 1 heterocycles. The van der Waals surface area contributed by atoms with Crippen LogP contribution in [0.4, 0.5) is 11.4 Å². The lowest BCUT2D eigenvalue weighted by Crippen LogP contribution is -2.25. The van der Waals surface area contributed by atoms with E-state index in [0.29, 0.717) is 24.1 Å². The maximum atomic E-state index is 12.9. The molecule has 2 aliphatic rings. The highest BCUT2D eigenvalue weighted by Crippen LogP contribution is 2.55. The first-order valence-corrected chi connectivity index (χ1v) is 26.4. The second-order valence-electron chi connectivity index (χ2n) is 17.3. The largest absolute Gasteiger partial charge is 0.481 e. The van der Waals surface area contributed by atoms with Gasteiger partial charge in [-0.25, -0.2) is 0 Å². The van der Waals surface area contributed by atoms with Crippen molar-refractivity contribution in [3.05, 3.63) is 131 Å². The number of hydrogen-bond donors (Lipinski definition) is 5. The van der Waals surface area contributed by atoms with E-state index in [1.807, 2.05) is 33.8 Å². The molecule has 15 nitrogen and oxygen atoms in total. The van der Waals surface area contributed by atoms with Crippen LogP contribution < -0.4 is 4.90 Å². The molecule has 0 spiro atoms. The van der Waals surface area contributed by atoms with E-state index in [1.54, 1.807) is 35.3 Å². The van der Waals surface area contributed by atoms with E-state index in [-0.39, 0.29) is 39.4 Å². The Labute approximate surface area is 379 Å². The van der Waals surface area contributed by atoms with Gasteiger partial charge in [-0.15, -0.1) is 0 Å². The molecule has 4 aromatic carbocycles. The molecule has 1 atom stereocenters. The summed E-state index contributed by atoms with van der Waals surface area (Å²) in [6, 6.07) is 14.5. The van der Waals surface area contributed by atoms with Crippen LogP contribution in [0.15, 0.2) is 134 Å². The van der Waals surface area contributed by atoms with Gasteiger partial charge >= 0.3 is 5.97 Å². The summed E-state index contributed by atoms with van der Waals surface area (Å²) in [5.41, 5.74) is 2.10. The van der Waals surface area contributed by atoms with Gasteiger partial charge in [0.2, 0.25) is 0 Å². The number of unbranched alkanes of at least 4 members (excludes halogenated alkanes) is 3. The number of anilines is 2. The molecule has 1 aliphatic heterocycles. The zero-order valence-corrected chi connectivity index (χ0v) is 39.3. The number of hydrogen-bond acceptors (Lipinski definition) is 10. The minimum Gasteiger partial charge on any atom is -0.481 e. The van der Waals surface area contributed by atoms with Crippen LogP contribution in [-0.4, -0.2) is 63.0 Å². The van der Waals surface area contributed by atoms with Crippen molar-refractivity contribution >= 4 is 68.6 Å². The molecule has 65 heavy (non-hydrogen) atoms. The average molecular weight is 970 g/mol. The van der Waals surface area contributed by atoms with E-state index in [9.17, 15) is 56.7 Å². The van der Waals surface area contributed by atoms with Crippen molar-refractivity contribution in [2.75, 3.05) is 4.90 Å². The number of carbonyl (C=O) groups is 1. The lowest BCUT2D eigenvalue weighted by molar-refractivity contribution is -0.137. The predicted molar refractivity (Wildman–Crippen MR) is 246 cm³/mol. The van der Waals surface area contributed by atoms with Gasteiger partial charge in [-0.2, -0.15) is 33.7 Å². The van der Waals surface area contributed by atoms with Crippen LogP contribution >= 0.6 is 0 Å². The number of aliphatic carboxylic acids is 1. The number of benzene rings is 4. The normalized spacial score (nSPS) is 18.5. The minimum atomic E-state index is -5.04. The second kappa shape index (κ2) is 18.4. The molecule has 4 aromatic rings. The second-order valence-corrected chi connectivity index (χ2v) is 22.9. The average Bonchev–Trinajstić information content (AvgIpc) is 3.43.